The van der Waals surface area contributed by atoms with Crippen LogP contribution in [0.2, 0.25) is 0 Å². The number of methoxy groups -OCH3 is 1. The molecule has 0 aromatic heterocycles. The first-order chi connectivity index (χ1) is 7.06. The van der Waals surface area contributed by atoms with Crippen molar-refractivity contribution in [2.75, 3.05) is 33.3 Å². The van der Waals surface area contributed by atoms with E-state index < -0.39 is 0 Å². The second-order valence-electron chi connectivity index (χ2n) is 4.33. The van der Waals surface area contributed by atoms with E-state index in [0.717, 1.165) is 26.2 Å². The molecule has 0 radical (unpaired) electrons. The summed E-state index contributed by atoms with van der Waals surface area (Å²) in [6.45, 7) is 9.77. The summed E-state index contributed by atoms with van der Waals surface area (Å²) in [6.07, 6.45) is -0.310. The molecule has 0 N–H and O–H groups in total. The topological polar surface area (TPSA) is 32.8 Å². The van der Waals surface area contributed by atoms with E-state index in [1.54, 1.807) is 14.0 Å². The van der Waals surface area contributed by atoms with Gasteiger partial charge in [-0.05, 0) is 20.8 Å². The third-order valence-corrected chi connectivity index (χ3v) is 3.06. The van der Waals surface area contributed by atoms with Gasteiger partial charge >= 0.3 is 0 Å². The van der Waals surface area contributed by atoms with Crippen molar-refractivity contribution >= 4 is 5.91 Å². The first-order valence-electron chi connectivity index (χ1n) is 5.62. The lowest BCUT2D eigenvalue weighted by atomic mass is 10.2. The van der Waals surface area contributed by atoms with Crippen molar-refractivity contribution in [1.29, 1.82) is 0 Å². The van der Waals surface area contributed by atoms with Gasteiger partial charge in [-0.15, -0.1) is 0 Å². The molecule has 1 rings (SSSR count). The molecule has 1 atom stereocenters. The molecule has 0 aromatic rings. The van der Waals surface area contributed by atoms with E-state index in [1.807, 2.05) is 4.90 Å². The number of amides is 1. The molecule has 0 bridgehead atoms. The Morgan fingerprint density at radius 1 is 1.13 bits per heavy atom. The molecule has 1 aliphatic heterocycles. The standard InChI is InChI=1S/C11H22N2O2/c1-9(2)12-5-7-13(8-6-12)11(14)10(3)15-4/h9-10H,5-8H2,1-4H3. The molecule has 1 aliphatic rings. The summed E-state index contributed by atoms with van der Waals surface area (Å²) in [5.74, 6) is 0.112. The molecule has 1 fully saturated rings. The average Bonchev–Trinajstić information content (AvgIpc) is 2.27. The number of piperazine rings is 1. The van der Waals surface area contributed by atoms with Crippen LogP contribution < -0.4 is 0 Å². The zero-order chi connectivity index (χ0) is 11.4. The predicted molar refractivity (Wildman–Crippen MR) is 59.8 cm³/mol. The van der Waals surface area contributed by atoms with Crippen molar-refractivity contribution in [3.8, 4) is 0 Å². The van der Waals surface area contributed by atoms with Gasteiger partial charge in [0.1, 0.15) is 6.10 Å². The maximum absolute atomic E-state index is 11.8. The second kappa shape index (κ2) is 5.47. The van der Waals surface area contributed by atoms with E-state index in [4.69, 9.17) is 4.74 Å². The second-order valence-corrected chi connectivity index (χ2v) is 4.33. The zero-order valence-electron chi connectivity index (χ0n) is 10.2. The van der Waals surface area contributed by atoms with E-state index in [1.165, 1.54) is 0 Å². The quantitative estimate of drug-likeness (QED) is 0.689. The van der Waals surface area contributed by atoms with Gasteiger partial charge in [0.25, 0.3) is 5.91 Å². The van der Waals surface area contributed by atoms with Gasteiger partial charge in [-0.25, -0.2) is 0 Å². The fourth-order valence-corrected chi connectivity index (χ4v) is 1.82. The molecular weight excluding hydrogens is 192 g/mol. The van der Waals surface area contributed by atoms with Gasteiger partial charge in [-0.3, -0.25) is 9.69 Å². The summed E-state index contributed by atoms with van der Waals surface area (Å²) in [5.41, 5.74) is 0. The fourth-order valence-electron chi connectivity index (χ4n) is 1.82. The Labute approximate surface area is 92.2 Å². The van der Waals surface area contributed by atoms with Crippen LogP contribution in [-0.2, 0) is 9.53 Å². The summed E-state index contributed by atoms with van der Waals surface area (Å²) >= 11 is 0. The van der Waals surface area contributed by atoms with Crippen LogP contribution >= 0.6 is 0 Å². The number of ether oxygens (including phenoxy) is 1. The number of rotatable bonds is 3. The molecule has 0 saturated carbocycles. The maximum atomic E-state index is 11.8. The molecule has 1 saturated heterocycles. The van der Waals surface area contributed by atoms with Crippen LogP contribution in [0.1, 0.15) is 20.8 Å². The van der Waals surface area contributed by atoms with Crippen LogP contribution in [0.15, 0.2) is 0 Å². The number of nitrogens with zero attached hydrogens (tertiary/aromatic N) is 2. The Kier molecular flexibility index (Phi) is 4.54. The normalized spacial score (nSPS) is 20.7. The van der Waals surface area contributed by atoms with Crippen molar-refractivity contribution in [3.63, 3.8) is 0 Å². The minimum atomic E-state index is -0.310. The third-order valence-electron chi connectivity index (χ3n) is 3.06. The predicted octanol–water partition coefficient (Wildman–Crippen LogP) is 0.574. The highest BCUT2D eigenvalue weighted by molar-refractivity contribution is 5.80. The first-order valence-corrected chi connectivity index (χ1v) is 5.62. The fraction of sp³-hybridized carbons (Fsp3) is 0.909. The Hall–Kier alpha value is -0.610. The minimum Gasteiger partial charge on any atom is -0.372 e. The Morgan fingerprint density at radius 3 is 2.07 bits per heavy atom. The van der Waals surface area contributed by atoms with Crippen LogP contribution in [-0.4, -0.2) is 61.1 Å². The van der Waals surface area contributed by atoms with Gasteiger partial charge < -0.3 is 9.64 Å². The lowest BCUT2D eigenvalue weighted by Gasteiger charge is -2.37. The largest absolute Gasteiger partial charge is 0.372 e. The monoisotopic (exact) mass is 214 g/mol. The van der Waals surface area contributed by atoms with Crippen molar-refractivity contribution in [1.82, 2.24) is 9.80 Å². The highest BCUT2D eigenvalue weighted by atomic mass is 16.5. The molecule has 0 spiro atoms. The summed E-state index contributed by atoms with van der Waals surface area (Å²) < 4.78 is 5.03. The van der Waals surface area contributed by atoms with Crippen LogP contribution in [0.4, 0.5) is 0 Å². The van der Waals surface area contributed by atoms with Gasteiger partial charge in [-0.1, -0.05) is 0 Å². The highest BCUT2D eigenvalue weighted by Gasteiger charge is 2.25. The van der Waals surface area contributed by atoms with Crippen molar-refractivity contribution in [2.24, 2.45) is 0 Å². The SMILES string of the molecule is COC(C)C(=O)N1CCN(C(C)C)CC1. The van der Waals surface area contributed by atoms with Crippen LogP contribution in [0.5, 0.6) is 0 Å². The van der Waals surface area contributed by atoms with Crippen molar-refractivity contribution in [2.45, 2.75) is 32.9 Å². The number of hydrogen-bond donors (Lipinski definition) is 0. The lowest BCUT2D eigenvalue weighted by molar-refractivity contribution is -0.142. The Bertz CT molecular complexity index is 211. The van der Waals surface area contributed by atoms with E-state index >= 15 is 0 Å². The minimum absolute atomic E-state index is 0.112. The van der Waals surface area contributed by atoms with Gasteiger partial charge in [0.15, 0.2) is 0 Å². The van der Waals surface area contributed by atoms with Gasteiger partial charge in [-0.2, -0.15) is 0 Å². The molecule has 1 amide bonds. The van der Waals surface area contributed by atoms with E-state index in [0.29, 0.717) is 6.04 Å². The smallest absolute Gasteiger partial charge is 0.251 e. The summed E-state index contributed by atoms with van der Waals surface area (Å²) in [5, 5.41) is 0. The highest BCUT2D eigenvalue weighted by Crippen LogP contribution is 2.07. The molecular formula is C11H22N2O2. The molecule has 15 heavy (non-hydrogen) atoms. The van der Waals surface area contributed by atoms with Gasteiger partial charge in [0, 0.05) is 39.3 Å². The zero-order valence-corrected chi connectivity index (χ0v) is 10.2. The summed E-state index contributed by atoms with van der Waals surface area (Å²) in [7, 11) is 1.58. The summed E-state index contributed by atoms with van der Waals surface area (Å²) in [6, 6.07) is 0.571. The molecule has 0 aliphatic carbocycles. The third kappa shape index (κ3) is 3.18. The van der Waals surface area contributed by atoms with Crippen LogP contribution in [0.25, 0.3) is 0 Å². The first kappa shape index (κ1) is 12.5. The molecule has 1 heterocycles. The van der Waals surface area contributed by atoms with E-state index in [-0.39, 0.29) is 12.0 Å². The van der Waals surface area contributed by atoms with Crippen LogP contribution in [0, 0.1) is 0 Å². The van der Waals surface area contributed by atoms with Gasteiger partial charge in [0.05, 0.1) is 0 Å². The number of carbonyl (C=O) groups excluding carboxylic acids is 1. The van der Waals surface area contributed by atoms with Crippen molar-refractivity contribution < 1.29 is 9.53 Å². The molecule has 1 unspecified atom stereocenters. The summed E-state index contributed by atoms with van der Waals surface area (Å²) in [4.78, 5) is 16.1. The van der Waals surface area contributed by atoms with Gasteiger partial charge in [0.2, 0.25) is 0 Å². The van der Waals surface area contributed by atoms with Crippen LogP contribution in [0.3, 0.4) is 0 Å². The molecule has 88 valence electrons. The molecule has 4 nitrogen and oxygen atoms in total. The Balaban J connectivity index is 2.40. The maximum Gasteiger partial charge on any atom is 0.251 e. The molecule has 4 heteroatoms. The number of carbonyl (C=O) groups is 1. The number of hydrogen-bond acceptors (Lipinski definition) is 3. The van der Waals surface area contributed by atoms with E-state index in [9.17, 15) is 4.79 Å². The molecule has 0 aromatic carbocycles. The lowest BCUT2D eigenvalue weighted by Crippen LogP contribution is -2.52. The van der Waals surface area contributed by atoms with Crippen molar-refractivity contribution in [3.05, 3.63) is 0 Å². The van der Waals surface area contributed by atoms with E-state index in [2.05, 4.69) is 18.7 Å². The Morgan fingerprint density at radius 2 is 1.67 bits per heavy atom. The average molecular weight is 214 g/mol.